The lowest BCUT2D eigenvalue weighted by Crippen LogP contribution is -2.60. The topological polar surface area (TPSA) is 83.5 Å². The Hall–Kier alpha value is 0.571. The first kappa shape index (κ1) is 42.6. The average molecular weight is 699 g/mol. The fourth-order valence-electron chi connectivity index (χ4n) is 5.48. The van der Waals surface area contributed by atoms with Crippen LogP contribution in [0.1, 0.15) is 77.6 Å². The van der Waals surface area contributed by atoms with Crippen molar-refractivity contribution in [3.05, 3.63) is 0 Å². The molecule has 42 heavy (non-hydrogen) atoms. The molecule has 0 spiro atoms. The summed E-state index contributed by atoms with van der Waals surface area (Å²) in [6.45, 7) is 30.3. The van der Waals surface area contributed by atoms with Crippen molar-refractivity contribution in [2.24, 2.45) is 0 Å². The van der Waals surface area contributed by atoms with E-state index in [1.807, 2.05) is 0 Å². The van der Waals surface area contributed by atoms with Crippen LogP contribution in [0.5, 0.6) is 0 Å². The van der Waals surface area contributed by atoms with Crippen molar-refractivity contribution in [2.45, 2.75) is 174 Å². The van der Waals surface area contributed by atoms with Crippen LogP contribution < -0.4 is 0 Å². The number of unbranched alkanes of at least 4 members (excludes halogenated alkanes) is 8. The minimum Gasteiger partial charge on any atom is -0.481 e. The normalized spacial score (nSPS) is 16.3. The van der Waals surface area contributed by atoms with E-state index in [4.69, 9.17) is 26.0 Å². The van der Waals surface area contributed by atoms with Crippen molar-refractivity contribution in [2.75, 3.05) is 6.61 Å². The number of hydrogen-bond acceptors (Lipinski definition) is 6. The van der Waals surface area contributed by atoms with Gasteiger partial charge < -0.3 is 26.0 Å². The fourth-order valence-corrected chi connectivity index (χ4v) is 33.4. The van der Waals surface area contributed by atoms with Crippen LogP contribution in [0, 0.1) is 0 Å². The minimum absolute atomic E-state index is 0.294. The highest BCUT2D eigenvalue weighted by molar-refractivity contribution is 6.91. The Bertz CT molecular complexity index is 758. The molecule has 0 fully saturated rings. The number of hydrogen-bond donors (Lipinski definition) is 1. The van der Waals surface area contributed by atoms with E-state index in [0.29, 0.717) is 6.42 Å². The Morgan fingerprint density at radius 1 is 0.548 bits per heavy atom. The SMILES string of the molecule is CCCCO[Si](C)(C)CC[Si](C)(O[Si](C)(C)C)O[Si](C)(C)O[Si](C)(CCCCCCCCCCC(=O)O)O[Si](C)(C)C. The van der Waals surface area contributed by atoms with Crippen molar-refractivity contribution in [3.63, 3.8) is 0 Å². The first-order valence-electron chi connectivity index (χ1n) is 16.7. The van der Waals surface area contributed by atoms with Gasteiger partial charge in [0.25, 0.3) is 0 Å². The zero-order chi connectivity index (χ0) is 32.7. The second kappa shape index (κ2) is 19.3. The third kappa shape index (κ3) is 23.9. The predicted molar refractivity (Wildman–Crippen MR) is 194 cm³/mol. The van der Waals surface area contributed by atoms with E-state index < -0.39 is 56.6 Å². The van der Waals surface area contributed by atoms with Crippen LogP contribution in [-0.4, -0.2) is 68.3 Å². The zero-order valence-electron chi connectivity index (χ0n) is 30.0. The molecule has 0 rings (SSSR count). The van der Waals surface area contributed by atoms with Crippen LogP contribution in [0.2, 0.25) is 96.7 Å². The summed E-state index contributed by atoms with van der Waals surface area (Å²) >= 11 is 0. The molecule has 0 radical (unpaired) electrons. The van der Waals surface area contributed by atoms with Gasteiger partial charge in [-0.1, -0.05) is 58.3 Å². The largest absolute Gasteiger partial charge is 0.481 e. The summed E-state index contributed by atoms with van der Waals surface area (Å²) in [5.74, 6) is -0.685. The first-order valence-corrected chi connectivity index (χ1v) is 34.5. The Morgan fingerprint density at radius 3 is 1.40 bits per heavy atom. The third-order valence-electron chi connectivity index (χ3n) is 6.91. The van der Waals surface area contributed by atoms with Crippen LogP contribution in [-0.2, 0) is 25.7 Å². The summed E-state index contributed by atoms with van der Waals surface area (Å²) in [5, 5.41) is 8.78. The predicted octanol–water partition coefficient (Wildman–Crippen LogP) is 10.2. The van der Waals surface area contributed by atoms with Crippen molar-refractivity contribution in [3.8, 4) is 0 Å². The standard InChI is InChI=1S/C29H70O7Si6/c1-14-15-25-32-39(8,9)27-28-42(13,34-38(5,6)7)36-40(10,11)35-41(12,33-37(2,3)4)26-23-21-19-17-16-18-20-22-24-29(30)31/h14-28H2,1-13H3,(H,30,31). The average Bonchev–Trinajstić information content (AvgIpc) is 2.75. The molecule has 0 aromatic rings. The third-order valence-corrected chi connectivity index (χ3v) is 28.0. The van der Waals surface area contributed by atoms with E-state index in [0.717, 1.165) is 63.3 Å². The summed E-state index contributed by atoms with van der Waals surface area (Å²) in [4.78, 5) is 10.7. The number of rotatable bonds is 26. The van der Waals surface area contributed by atoms with Gasteiger partial charge in [0.1, 0.15) is 0 Å². The molecule has 0 aliphatic carbocycles. The molecule has 0 saturated heterocycles. The molecule has 0 saturated carbocycles. The van der Waals surface area contributed by atoms with E-state index in [1.54, 1.807) is 0 Å². The minimum atomic E-state index is -2.55. The summed E-state index contributed by atoms with van der Waals surface area (Å²) < 4.78 is 34.3. The lowest BCUT2D eigenvalue weighted by molar-refractivity contribution is -0.137. The molecule has 0 aliphatic heterocycles. The second-order valence-electron chi connectivity index (χ2n) is 15.5. The summed E-state index contributed by atoms with van der Waals surface area (Å²) in [6.07, 6.45) is 11.4. The highest BCUT2D eigenvalue weighted by atomic mass is 28.5. The molecule has 252 valence electrons. The van der Waals surface area contributed by atoms with Crippen LogP contribution in [0.25, 0.3) is 0 Å². The Kier molecular flexibility index (Phi) is 19.5. The van der Waals surface area contributed by atoms with Gasteiger partial charge >= 0.3 is 31.7 Å². The van der Waals surface area contributed by atoms with Gasteiger partial charge in [0, 0.05) is 13.0 Å². The van der Waals surface area contributed by atoms with Gasteiger partial charge in [-0.3, -0.25) is 4.79 Å². The number of carbonyl (C=O) groups is 1. The molecule has 13 heteroatoms. The maximum absolute atomic E-state index is 10.7. The molecule has 7 nitrogen and oxygen atoms in total. The van der Waals surface area contributed by atoms with E-state index in [-0.39, 0.29) is 0 Å². The van der Waals surface area contributed by atoms with E-state index in [2.05, 4.69) is 85.5 Å². The Balaban J connectivity index is 5.29. The molecule has 0 aliphatic rings. The van der Waals surface area contributed by atoms with Crippen molar-refractivity contribution >= 4 is 56.6 Å². The molecular weight excluding hydrogens is 629 g/mol. The van der Waals surface area contributed by atoms with Gasteiger partial charge in [-0.2, -0.15) is 0 Å². The number of aliphatic carboxylic acids is 1. The highest BCUT2D eigenvalue weighted by Crippen LogP contribution is 2.33. The molecule has 0 heterocycles. The summed E-state index contributed by atoms with van der Waals surface area (Å²) in [5.41, 5.74) is 0. The summed E-state index contributed by atoms with van der Waals surface area (Å²) in [6, 6.07) is 2.99. The molecule has 2 atom stereocenters. The molecule has 0 aromatic heterocycles. The quantitative estimate of drug-likeness (QED) is 0.0711. The fraction of sp³-hybridized carbons (Fsp3) is 0.966. The van der Waals surface area contributed by atoms with Crippen LogP contribution in [0.3, 0.4) is 0 Å². The Labute approximate surface area is 267 Å². The number of carboxylic acid groups (broad SMARTS) is 1. The van der Waals surface area contributed by atoms with Gasteiger partial charge in [-0.05, 0) is 110 Å². The van der Waals surface area contributed by atoms with Gasteiger partial charge in [-0.15, -0.1) is 0 Å². The van der Waals surface area contributed by atoms with Crippen molar-refractivity contribution in [1.29, 1.82) is 0 Å². The maximum atomic E-state index is 10.7. The van der Waals surface area contributed by atoms with Crippen LogP contribution in [0.4, 0.5) is 0 Å². The van der Waals surface area contributed by atoms with Gasteiger partial charge in [0.15, 0.2) is 25.0 Å². The summed E-state index contributed by atoms with van der Waals surface area (Å²) in [7, 11) is -12.9. The van der Waals surface area contributed by atoms with Gasteiger partial charge in [0.2, 0.25) is 0 Å². The monoisotopic (exact) mass is 698 g/mol. The Morgan fingerprint density at radius 2 is 0.976 bits per heavy atom. The van der Waals surface area contributed by atoms with E-state index in [1.165, 1.54) is 25.7 Å². The lowest BCUT2D eigenvalue weighted by Gasteiger charge is -2.44. The van der Waals surface area contributed by atoms with Gasteiger partial charge in [0.05, 0.1) is 0 Å². The molecule has 0 aromatic carbocycles. The van der Waals surface area contributed by atoms with E-state index >= 15 is 0 Å². The highest BCUT2D eigenvalue weighted by Gasteiger charge is 2.48. The number of carboxylic acids is 1. The molecule has 2 unspecified atom stereocenters. The van der Waals surface area contributed by atoms with Crippen molar-refractivity contribution in [1.82, 2.24) is 0 Å². The lowest BCUT2D eigenvalue weighted by atomic mass is 10.1. The van der Waals surface area contributed by atoms with Crippen LogP contribution >= 0.6 is 0 Å². The van der Waals surface area contributed by atoms with Crippen LogP contribution in [0.15, 0.2) is 0 Å². The molecule has 1 N–H and O–H groups in total. The zero-order valence-corrected chi connectivity index (χ0v) is 36.0. The second-order valence-corrected chi connectivity index (χ2v) is 39.8. The first-order chi connectivity index (χ1) is 19.0. The molecule has 0 amide bonds. The van der Waals surface area contributed by atoms with E-state index in [9.17, 15) is 4.79 Å². The van der Waals surface area contributed by atoms with Crippen molar-refractivity contribution < 1.29 is 30.8 Å². The molecular formula is C29H70O7Si6. The maximum Gasteiger partial charge on any atom is 0.315 e. The molecule has 0 bridgehead atoms. The van der Waals surface area contributed by atoms with Gasteiger partial charge in [-0.25, -0.2) is 0 Å². The smallest absolute Gasteiger partial charge is 0.315 e.